The molecule has 0 bridgehead atoms. The van der Waals surface area contributed by atoms with E-state index < -0.39 is 0 Å². The van der Waals surface area contributed by atoms with Crippen LogP contribution >= 0.6 is 0 Å². The monoisotopic (exact) mass is 214 g/mol. The molecule has 0 N–H and O–H groups in total. The van der Waals surface area contributed by atoms with E-state index in [0.29, 0.717) is 5.41 Å². The smallest absolute Gasteiger partial charge is 0.0272 e. The van der Waals surface area contributed by atoms with Gasteiger partial charge in [0, 0.05) is 0 Å². The maximum atomic E-state index is 2.39. The Labute approximate surface area is 98.9 Å². The standard InChI is InChI=1S/C14H30.CH4/c1-6-11-14(10-5,12-7-2)13(8-3)9-4;/h13H,6-12H2,1-5H3;1H4. The molecular formula is C15H34. The van der Waals surface area contributed by atoms with Crippen LogP contribution in [0.1, 0.15) is 87.0 Å². The molecule has 0 aliphatic carbocycles. The van der Waals surface area contributed by atoms with E-state index in [1.54, 1.807) is 0 Å². The van der Waals surface area contributed by atoms with Crippen LogP contribution in [0.15, 0.2) is 0 Å². The molecule has 15 heavy (non-hydrogen) atoms. The van der Waals surface area contributed by atoms with E-state index in [4.69, 9.17) is 0 Å². The molecule has 0 atom stereocenters. The topological polar surface area (TPSA) is 0 Å². The SMILES string of the molecule is C.CCCC(CC)(CCC)C(CC)CC. The first-order chi connectivity index (χ1) is 6.70. The Morgan fingerprint density at radius 3 is 1.40 bits per heavy atom. The molecule has 0 aromatic heterocycles. The fraction of sp³-hybridized carbons (Fsp3) is 1.00. The molecule has 0 saturated heterocycles. The molecule has 0 fully saturated rings. The Morgan fingerprint density at radius 1 is 0.800 bits per heavy atom. The quantitative estimate of drug-likeness (QED) is 0.461. The summed E-state index contributed by atoms with van der Waals surface area (Å²) < 4.78 is 0. The lowest BCUT2D eigenvalue weighted by Crippen LogP contribution is -2.29. The third-order valence-electron chi connectivity index (χ3n) is 4.05. The van der Waals surface area contributed by atoms with Crippen molar-refractivity contribution in [1.29, 1.82) is 0 Å². The van der Waals surface area contributed by atoms with Crippen molar-refractivity contribution in [2.75, 3.05) is 0 Å². The van der Waals surface area contributed by atoms with Gasteiger partial charge in [-0.1, -0.05) is 74.1 Å². The highest BCUT2D eigenvalue weighted by Crippen LogP contribution is 2.44. The maximum Gasteiger partial charge on any atom is -0.0272 e. The van der Waals surface area contributed by atoms with E-state index in [9.17, 15) is 0 Å². The highest BCUT2D eigenvalue weighted by molar-refractivity contribution is 4.83. The zero-order chi connectivity index (χ0) is 11.0. The van der Waals surface area contributed by atoms with Crippen LogP contribution in [0.25, 0.3) is 0 Å². The van der Waals surface area contributed by atoms with Crippen LogP contribution in [-0.2, 0) is 0 Å². The van der Waals surface area contributed by atoms with E-state index in [1.807, 2.05) is 0 Å². The molecule has 0 heterocycles. The van der Waals surface area contributed by atoms with Gasteiger partial charge in [0.05, 0.1) is 0 Å². The van der Waals surface area contributed by atoms with Gasteiger partial charge in [-0.15, -0.1) is 0 Å². The molecule has 0 radical (unpaired) electrons. The van der Waals surface area contributed by atoms with Gasteiger partial charge in [-0.3, -0.25) is 0 Å². The Hall–Kier alpha value is 0. The van der Waals surface area contributed by atoms with Gasteiger partial charge >= 0.3 is 0 Å². The van der Waals surface area contributed by atoms with Gasteiger partial charge in [-0.05, 0) is 24.2 Å². The molecule has 0 heteroatoms. The molecule has 0 aromatic carbocycles. The summed E-state index contributed by atoms with van der Waals surface area (Å²) in [7, 11) is 0. The minimum Gasteiger partial charge on any atom is -0.0776 e. The van der Waals surface area contributed by atoms with Gasteiger partial charge in [0.2, 0.25) is 0 Å². The zero-order valence-electron chi connectivity index (χ0n) is 11.0. The summed E-state index contributed by atoms with van der Waals surface area (Å²) in [5.41, 5.74) is 0.660. The van der Waals surface area contributed by atoms with Gasteiger partial charge in [-0.2, -0.15) is 0 Å². The summed E-state index contributed by atoms with van der Waals surface area (Å²) >= 11 is 0. The van der Waals surface area contributed by atoms with Crippen LogP contribution in [0.4, 0.5) is 0 Å². The number of hydrogen-bond acceptors (Lipinski definition) is 0. The predicted octanol–water partition coefficient (Wildman–Crippen LogP) is 6.06. The Bertz CT molecular complexity index is 116. The predicted molar refractivity (Wildman–Crippen MR) is 73.3 cm³/mol. The molecule has 0 aromatic rings. The van der Waals surface area contributed by atoms with Crippen molar-refractivity contribution in [3.63, 3.8) is 0 Å². The minimum absolute atomic E-state index is 0. The average Bonchev–Trinajstić information content (AvgIpc) is 2.20. The van der Waals surface area contributed by atoms with Crippen molar-refractivity contribution >= 4 is 0 Å². The molecular weight excluding hydrogens is 180 g/mol. The van der Waals surface area contributed by atoms with Crippen molar-refractivity contribution in [3.8, 4) is 0 Å². The van der Waals surface area contributed by atoms with Crippen molar-refractivity contribution in [1.82, 2.24) is 0 Å². The van der Waals surface area contributed by atoms with Crippen molar-refractivity contribution in [2.24, 2.45) is 11.3 Å². The zero-order valence-corrected chi connectivity index (χ0v) is 11.0. The van der Waals surface area contributed by atoms with E-state index in [2.05, 4.69) is 34.6 Å². The third-order valence-corrected chi connectivity index (χ3v) is 4.05. The van der Waals surface area contributed by atoms with E-state index in [-0.39, 0.29) is 7.43 Å². The van der Waals surface area contributed by atoms with Crippen LogP contribution in [0.3, 0.4) is 0 Å². The molecule has 0 nitrogen and oxygen atoms in total. The second kappa shape index (κ2) is 9.24. The Balaban J connectivity index is 0. The van der Waals surface area contributed by atoms with Crippen molar-refractivity contribution in [3.05, 3.63) is 0 Å². The van der Waals surface area contributed by atoms with Crippen molar-refractivity contribution in [2.45, 2.75) is 87.0 Å². The van der Waals surface area contributed by atoms with Crippen LogP contribution in [0.5, 0.6) is 0 Å². The first kappa shape index (κ1) is 17.4. The molecule has 0 rings (SSSR count). The molecule has 0 aliphatic rings. The lowest BCUT2D eigenvalue weighted by Gasteiger charge is -2.40. The van der Waals surface area contributed by atoms with Gasteiger partial charge in [0.1, 0.15) is 0 Å². The summed E-state index contributed by atoms with van der Waals surface area (Å²) in [5.74, 6) is 0.951. The van der Waals surface area contributed by atoms with Crippen LogP contribution < -0.4 is 0 Å². The highest BCUT2D eigenvalue weighted by atomic mass is 14.4. The highest BCUT2D eigenvalue weighted by Gasteiger charge is 2.32. The minimum atomic E-state index is 0. The summed E-state index contributed by atoms with van der Waals surface area (Å²) in [4.78, 5) is 0. The fourth-order valence-electron chi connectivity index (χ4n) is 3.33. The Morgan fingerprint density at radius 2 is 1.20 bits per heavy atom. The van der Waals surface area contributed by atoms with E-state index in [0.717, 1.165) is 5.92 Å². The largest absolute Gasteiger partial charge is 0.0776 e. The van der Waals surface area contributed by atoms with Crippen molar-refractivity contribution < 1.29 is 0 Å². The summed E-state index contributed by atoms with van der Waals surface area (Å²) in [5, 5.41) is 0. The van der Waals surface area contributed by atoms with E-state index in [1.165, 1.54) is 44.9 Å². The normalized spacial score (nSPS) is 11.6. The molecule has 0 saturated carbocycles. The number of hydrogen-bond donors (Lipinski definition) is 0. The van der Waals surface area contributed by atoms with Crippen LogP contribution in [-0.4, -0.2) is 0 Å². The fourth-order valence-corrected chi connectivity index (χ4v) is 3.33. The first-order valence-electron chi connectivity index (χ1n) is 6.70. The molecule has 94 valence electrons. The number of rotatable bonds is 8. The summed E-state index contributed by atoms with van der Waals surface area (Å²) in [6, 6.07) is 0. The van der Waals surface area contributed by atoms with Gasteiger partial charge in [-0.25, -0.2) is 0 Å². The lowest BCUT2D eigenvalue weighted by molar-refractivity contribution is 0.109. The van der Waals surface area contributed by atoms with Gasteiger partial charge in [0.25, 0.3) is 0 Å². The lowest BCUT2D eigenvalue weighted by atomic mass is 9.65. The van der Waals surface area contributed by atoms with Gasteiger partial charge in [0.15, 0.2) is 0 Å². The van der Waals surface area contributed by atoms with E-state index >= 15 is 0 Å². The Kier molecular flexibility index (Phi) is 10.7. The summed E-state index contributed by atoms with van der Waals surface area (Å²) in [6.45, 7) is 11.8. The second-order valence-electron chi connectivity index (χ2n) is 4.73. The third kappa shape index (κ3) is 4.57. The maximum absolute atomic E-state index is 2.39. The summed E-state index contributed by atoms with van der Waals surface area (Å²) in [6.07, 6.45) is 9.68. The van der Waals surface area contributed by atoms with Crippen LogP contribution in [0, 0.1) is 11.3 Å². The first-order valence-corrected chi connectivity index (χ1v) is 6.70. The molecule has 0 aliphatic heterocycles. The molecule has 0 amide bonds. The molecule has 0 spiro atoms. The second-order valence-corrected chi connectivity index (χ2v) is 4.73. The molecule has 0 unspecified atom stereocenters. The van der Waals surface area contributed by atoms with Crippen LogP contribution in [0.2, 0.25) is 0 Å². The van der Waals surface area contributed by atoms with Gasteiger partial charge < -0.3 is 0 Å². The average molecular weight is 214 g/mol.